The van der Waals surface area contributed by atoms with Crippen LogP contribution in [0.25, 0.3) is 18.8 Å². The van der Waals surface area contributed by atoms with Gasteiger partial charge in [-0.2, -0.15) is 0 Å². The molecule has 0 spiro atoms. The van der Waals surface area contributed by atoms with Crippen molar-refractivity contribution < 1.29 is 4.79 Å². The van der Waals surface area contributed by atoms with E-state index in [1.807, 2.05) is 6.07 Å². The van der Waals surface area contributed by atoms with Gasteiger partial charge in [0.05, 0.1) is 19.3 Å². The highest BCUT2D eigenvalue weighted by atomic mass is 35.5. The van der Waals surface area contributed by atoms with Gasteiger partial charge in [0.25, 0.3) is 0 Å². The molecule has 0 radical (unpaired) electrons. The van der Waals surface area contributed by atoms with E-state index in [4.69, 9.17) is 23.2 Å². The molecule has 0 fully saturated rings. The molecule has 3 heterocycles. The molecule has 0 aliphatic heterocycles. The van der Waals surface area contributed by atoms with Gasteiger partial charge in [0.2, 0.25) is 0 Å². The van der Waals surface area contributed by atoms with E-state index < -0.39 is 0 Å². The number of hydrogen-bond acceptors (Lipinski definition) is 5. The summed E-state index contributed by atoms with van der Waals surface area (Å²) in [5, 5.41) is 1.20. The van der Waals surface area contributed by atoms with Crippen molar-refractivity contribution in [3.8, 4) is 0 Å². The Morgan fingerprint density at radius 2 is 1.65 bits per heavy atom. The number of alkyl halides is 2. The Balaban J connectivity index is 2.04. The molecule has 2 nitrogen and oxygen atoms in total. The van der Waals surface area contributed by atoms with Crippen LogP contribution in [-0.4, -0.2) is 31.1 Å². The van der Waals surface area contributed by atoms with Gasteiger partial charge in [0.15, 0.2) is 6.29 Å². The summed E-state index contributed by atoms with van der Waals surface area (Å²) in [6, 6.07) is 4.18. The molecule has 0 N–H and O–H groups in total. The summed E-state index contributed by atoms with van der Waals surface area (Å²) in [7, 11) is 0. The van der Waals surface area contributed by atoms with Crippen LogP contribution in [0.3, 0.4) is 0 Å². The lowest BCUT2D eigenvalue weighted by atomic mass is 10.4. The summed E-state index contributed by atoms with van der Waals surface area (Å²) in [6.07, 6.45) is 0.922. The maximum atomic E-state index is 10.9. The maximum absolute atomic E-state index is 10.9. The quantitative estimate of drug-likeness (QED) is 0.438. The number of hydrogen-bond donors (Lipinski definition) is 0. The Kier molecular flexibility index (Phi) is 4.52. The second kappa shape index (κ2) is 6.20. The lowest BCUT2D eigenvalue weighted by Gasteiger charge is -2.20. The molecule has 0 aromatic carbocycles. The highest BCUT2D eigenvalue weighted by molar-refractivity contribution is 7.39. The van der Waals surface area contributed by atoms with Crippen molar-refractivity contribution in [3.63, 3.8) is 0 Å². The largest absolute Gasteiger partial charge is 0.361 e. The minimum Gasteiger partial charge on any atom is -0.361 e. The molecule has 3 aromatic heterocycles. The highest BCUT2D eigenvalue weighted by Crippen LogP contribution is 2.45. The second-order valence-corrected chi connectivity index (χ2v) is 8.16. The zero-order chi connectivity index (χ0) is 14.1. The smallest absolute Gasteiger partial charge is 0.160 e. The minimum absolute atomic E-state index is 0.589. The van der Waals surface area contributed by atoms with Gasteiger partial charge >= 0.3 is 0 Å². The molecular formula is C13H11Cl2NOS3. The molecule has 0 amide bonds. The lowest BCUT2D eigenvalue weighted by Crippen LogP contribution is -2.26. The first kappa shape index (κ1) is 14.6. The Hall–Kier alpha value is -0.330. The number of thiophene rings is 3. The third-order valence-electron chi connectivity index (χ3n) is 2.96. The predicted molar refractivity (Wildman–Crippen MR) is 94.1 cm³/mol. The summed E-state index contributed by atoms with van der Waals surface area (Å²) < 4.78 is 4.97. The van der Waals surface area contributed by atoms with Crippen molar-refractivity contribution >= 4 is 87.3 Å². The van der Waals surface area contributed by atoms with Gasteiger partial charge < -0.3 is 4.90 Å². The van der Waals surface area contributed by atoms with Crippen molar-refractivity contribution in [2.75, 3.05) is 29.7 Å². The Morgan fingerprint density at radius 3 is 2.30 bits per heavy atom. The normalized spacial score (nSPS) is 11.5. The number of nitrogens with zero attached hydrogens (tertiary/aromatic N) is 1. The first-order valence-electron chi connectivity index (χ1n) is 6.04. The number of carbonyl (C=O) groups excluding carboxylic acids is 1. The van der Waals surface area contributed by atoms with Crippen LogP contribution in [-0.2, 0) is 0 Å². The van der Waals surface area contributed by atoms with E-state index >= 15 is 0 Å². The topological polar surface area (TPSA) is 20.3 Å². The summed E-state index contributed by atoms with van der Waals surface area (Å²) in [5.74, 6) is 1.18. The maximum Gasteiger partial charge on any atom is 0.160 e. The molecule has 0 bridgehead atoms. The molecule has 0 aliphatic carbocycles. The van der Waals surface area contributed by atoms with Crippen LogP contribution in [0.15, 0.2) is 12.1 Å². The van der Waals surface area contributed by atoms with Gasteiger partial charge in [-0.25, -0.2) is 0 Å². The first-order valence-corrected chi connectivity index (χ1v) is 9.56. The number of aldehydes is 1. The molecule has 3 aromatic rings. The highest BCUT2D eigenvalue weighted by Gasteiger charge is 2.15. The molecule has 0 unspecified atom stereocenters. The van der Waals surface area contributed by atoms with Crippen LogP contribution < -0.4 is 4.90 Å². The average Bonchev–Trinajstić information content (AvgIpc) is 3.07. The Labute approximate surface area is 138 Å². The number of rotatable bonds is 6. The third kappa shape index (κ3) is 2.57. The van der Waals surface area contributed by atoms with Gasteiger partial charge in [-0.05, 0) is 12.1 Å². The van der Waals surface area contributed by atoms with Crippen LogP contribution in [0.4, 0.5) is 5.00 Å². The van der Waals surface area contributed by atoms with E-state index in [0.29, 0.717) is 11.8 Å². The molecular weight excluding hydrogens is 353 g/mol. The fourth-order valence-electron chi connectivity index (χ4n) is 2.09. The molecule has 0 saturated carbocycles. The fourth-order valence-corrected chi connectivity index (χ4v) is 6.39. The zero-order valence-electron chi connectivity index (χ0n) is 10.4. The Bertz CT molecular complexity index is 739. The predicted octanol–water partition coefficient (Wildman–Crippen LogP) is 5.27. The van der Waals surface area contributed by atoms with E-state index in [0.717, 1.165) is 24.3 Å². The van der Waals surface area contributed by atoms with Crippen LogP contribution >= 0.6 is 57.2 Å². The van der Waals surface area contributed by atoms with E-state index in [1.165, 1.54) is 23.8 Å². The number of halogens is 2. The van der Waals surface area contributed by atoms with Crippen molar-refractivity contribution in [1.82, 2.24) is 0 Å². The van der Waals surface area contributed by atoms with Gasteiger partial charge in [-0.3, -0.25) is 4.79 Å². The van der Waals surface area contributed by atoms with E-state index in [9.17, 15) is 4.79 Å². The monoisotopic (exact) mass is 363 g/mol. The molecule has 20 heavy (non-hydrogen) atoms. The second-order valence-electron chi connectivity index (χ2n) is 4.21. The average molecular weight is 364 g/mol. The molecule has 0 atom stereocenters. The zero-order valence-corrected chi connectivity index (χ0v) is 14.4. The summed E-state index contributed by atoms with van der Waals surface area (Å²) in [6.45, 7) is 1.60. The Morgan fingerprint density at radius 1 is 1.00 bits per heavy atom. The number of fused-ring (bicyclic) bond motifs is 3. The van der Waals surface area contributed by atoms with Crippen molar-refractivity contribution in [3.05, 3.63) is 17.0 Å². The van der Waals surface area contributed by atoms with Crippen LogP contribution in [0.2, 0.25) is 0 Å². The standard InChI is InChI=1S/C13H11Cl2NOS3/c14-1-3-16(4-2-15)11-6-10-13(20-11)12-9(19-10)5-8(7-17)18-12/h5-7H,1-4H2. The summed E-state index contributed by atoms with van der Waals surface area (Å²) >= 11 is 16.8. The van der Waals surface area contributed by atoms with Crippen LogP contribution in [0.5, 0.6) is 0 Å². The molecule has 3 rings (SSSR count). The third-order valence-corrected chi connectivity index (χ3v) is 7.07. The molecule has 106 valence electrons. The molecule has 7 heteroatoms. The summed E-state index contributed by atoms with van der Waals surface area (Å²) in [5.41, 5.74) is 0. The van der Waals surface area contributed by atoms with Crippen LogP contribution in [0.1, 0.15) is 9.67 Å². The van der Waals surface area contributed by atoms with Gasteiger partial charge in [-0.15, -0.1) is 57.2 Å². The van der Waals surface area contributed by atoms with Crippen LogP contribution in [0, 0.1) is 0 Å². The van der Waals surface area contributed by atoms with E-state index in [2.05, 4.69) is 11.0 Å². The van der Waals surface area contributed by atoms with Crippen molar-refractivity contribution in [1.29, 1.82) is 0 Å². The molecule has 0 aliphatic rings. The van der Waals surface area contributed by atoms with Gasteiger partial charge in [-0.1, -0.05) is 0 Å². The summed E-state index contributed by atoms with van der Waals surface area (Å²) in [4.78, 5) is 13.9. The first-order chi connectivity index (χ1) is 9.76. The fraction of sp³-hybridized carbons (Fsp3) is 0.308. The van der Waals surface area contributed by atoms with Crippen molar-refractivity contribution in [2.45, 2.75) is 0 Å². The van der Waals surface area contributed by atoms with E-state index in [-0.39, 0.29) is 0 Å². The van der Waals surface area contributed by atoms with Crippen molar-refractivity contribution in [2.24, 2.45) is 0 Å². The van der Waals surface area contributed by atoms with E-state index in [1.54, 1.807) is 34.0 Å². The molecule has 0 saturated heterocycles. The SMILES string of the molecule is O=Cc1cc2sc3cc(N(CCCl)CCCl)sc3c2s1. The van der Waals surface area contributed by atoms with Gasteiger partial charge in [0, 0.05) is 34.2 Å². The van der Waals surface area contributed by atoms with Gasteiger partial charge in [0.1, 0.15) is 0 Å². The minimum atomic E-state index is 0.589. The number of anilines is 1. The lowest BCUT2D eigenvalue weighted by molar-refractivity contribution is 0.112. The number of carbonyl (C=O) groups is 1.